The van der Waals surface area contributed by atoms with Crippen LogP contribution in [-0.2, 0) is 9.53 Å². The number of amides is 1. The van der Waals surface area contributed by atoms with Crippen LogP contribution in [0.5, 0.6) is 0 Å². The third-order valence-corrected chi connectivity index (χ3v) is 5.01. The van der Waals surface area contributed by atoms with Crippen molar-refractivity contribution in [2.75, 3.05) is 38.3 Å². The van der Waals surface area contributed by atoms with E-state index in [0.717, 1.165) is 25.3 Å². The fourth-order valence-corrected chi connectivity index (χ4v) is 3.85. The second-order valence-electron chi connectivity index (χ2n) is 6.18. The molecule has 3 rings (SSSR count). The molecule has 1 aliphatic carbocycles. The number of carbonyl (C=O) groups excluding carboxylic acids is 1. The van der Waals surface area contributed by atoms with Gasteiger partial charge in [-0.2, -0.15) is 0 Å². The molecule has 0 unspecified atom stereocenters. The Morgan fingerprint density at radius 1 is 1.41 bits per heavy atom. The zero-order chi connectivity index (χ0) is 15.5. The SMILES string of the molecule is CCOCC(=O)N1C[C@H]2CC[C@H](N(C)c3cnccn3)[C@H]2C1. The minimum Gasteiger partial charge on any atom is -0.372 e. The molecule has 0 spiro atoms. The molecule has 120 valence electrons. The second-order valence-corrected chi connectivity index (χ2v) is 6.18. The molecular formula is C16H24N4O2. The number of fused-ring (bicyclic) bond motifs is 1. The Labute approximate surface area is 131 Å². The van der Waals surface area contributed by atoms with Crippen LogP contribution in [0.25, 0.3) is 0 Å². The summed E-state index contributed by atoms with van der Waals surface area (Å²) in [5.74, 6) is 2.16. The zero-order valence-electron chi connectivity index (χ0n) is 13.3. The van der Waals surface area contributed by atoms with Crippen LogP contribution in [0.4, 0.5) is 5.82 Å². The van der Waals surface area contributed by atoms with Gasteiger partial charge < -0.3 is 14.5 Å². The summed E-state index contributed by atoms with van der Waals surface area (Å²) in [6, 6.07) is 0.437. The summed E-state index contributed by atoms with van der Waals surface area (Å²) in [6.07, 6.45) is 7.57. The number of anilines is 1. The highest BCUT2D eigenvalue weighted by Crippen LogP contribution is 2.41. The lowest BCUT2D eigenvalue weighted by Gasteiger charge is -2.30. The molecule has 3 atom stereocenters. The lowest BCUT2D eigenvalue weighted by molar-refractivity contribution is -0.135. The first-order chi connectivity index (χ1) is 10.7. The van der Waals surface area contributed by atoms with Crippen LogP contribution >= 0.6 is 0 Å². The summed E-state index contributed by atoms with van der Waals surface area (Å²) in [4.78, 5) is 24.9. The molecule has 1 aromatic rings. The molecule has 1 saturated heterocycles. The van der Waals surface area contributed by atoms with Crippen molar-refractivity contribution in [3.05, 3.63) is 18.6 Å². The first kappa shape index (κ1) is 15.2. The van der Waals surface area contributed by atoms with Gasteiger partial charge >= 0.3 is 0 Å². The van der Waals surface area contributed by atoms with Crippen molar-refractivity contribution < 1.29 is 9.53 Å². The van der Waals surface area contributed by atoms with Gasteiger partial charge in [0, 0.05) is 51.1 Å². The predicted molar refractivity (Wildman–Crippen MR) is 83.5 cm³/mol. The van der Waals surface area contributed by atoms with Gasteiger partial charge in [0.15, 0.2) is 0 Å². The molecule has 1 aliphatic heterocycles. The minimum atomic E-state index is 0.122. The van der Waals surface area contributed by atoms with Crippen molar-refractivity contribution in [3.8, 4) is 0 Å². The van der Waals surface area contributed by atoms with Gasteiger partial charge in [-0.05, 0) is 25.7 Å². The first-order valence-electron chi connectivity index (χ1n) is 8.05. The van der Waals surface area contributed by atoms with Crippen molar-refractivity contribution in [3.63, 3.8) is 0 Å². The quantitative estimate of drug-likeness (QED) is 0.818. The molecule has 1 saturated carbocycles. The molecule has 6 heteroatoms. The maximum atomic E-state index is 12.1. The summed E-state index contributed by atoms with van der Waals surface area (Å²) >= 11 is 0. The number of nitrogens with zero attached hydrogens (tertiary/aromatic N) is 4. The molecule has 0 aromatic carbocycles. The van der Waals surface area contributed by atoms with Crippen LogP contribution in [0.15, 0.2) is 18.6 Å². The highest BCUT2D eigenvalue weighted by atomic mass is 16.5. The highest BCUT2D eigenvalue weighted by Gasteiger charge is 2.45. The van der Waals surface area contributed by atoms with Crippen molar-refractivity contribution in [2.45, 2.75) is 25.8 Å². The molecule has 0 N–H and O–H groups in total. The van der Waals surface area contributed by atoms with Gasteiger partial charge in [0.25, 0.3) is 0 Å². The molecule has 0 bridgehead atoms. The lowest BCUT2D eigenvalue weighted by Crippen LogP contribution is -2.39. The van der Waals surface area contributed by atoms with Crippen LogP contribution in [0.3, 0.4) is 0 Å². The first-order valence-corrected chi connectivity index (χ1v) is 8.05. The van der Waals surface area contributed by atoms with Gasteiger partial charge in [-0.3, -0.25) is 9.78 Å². The highest BCUT2D eigenvalue weighted by molar-refractivity contribution is 5.77. The number of carbonyl (C=O) groups is 1. The van der Waals surface area contributed by atoms with Gasteiger partial charge in [-0.1, -0.05) is 0 Å². The number of ether oxygens (including phenoxy) is 1. The molecule has 6 nitrogen and oxygen atoms in total. The summed E-state index contributed by atoms with van der Waals surface area (Å²) in [7, 11) is 2.09. The monoisotopic (exact) mass is 304 g/mol. The third kappa shape index (κ3) is 2.92. The lowest BCUT2D eigenvalue weighted by atomic mass is 9.97. The van der Waals surface area contributed by atoms with E-state index in [1.807, 2.05) is 11.8 Å². The molecule has 2 heterocycles. The van der Waals surface area contributed by atoms with Crippen molar-refractivity contribution in [1.82, 2.24) is 14.9 Å². The summed E-state index contributed by atoms with van der Waals surface area (Å²) in [6.45, 7) is 4.43. The van der Waals surface area contributed by atoms with Crippen LogP contribution in [0.2, 0.25) is 0 Å². The Kier molecular flexibility index (Phi) is 4.57. The van der Waals surface area contributed by atoms with E-state index in [-0.39, 0.29) is 12.5 Å². The van der Waals surface area contributed by atoms with Gasteiger partial charge in [0.2, 0.25) is 5.91 Å². The standard InChI is InChI=1S/C16H24N4O2/c1-3-22-11-16(21)20-9-12-4-5-14(13(12)10-20)19(2)15-8-17-6-7-18-15/h6-8,12-14H,3-5,9-11H2,1-2H3/t12-,13+,14+/m1/s1. The van der Waals surface area contributed by atoms with Crippen LogP contribution in [0.1, 0.15) is 19.8 Å². The molecule has 1 aromatic heterocycles. The largest absolute Gasteiger partial charge is 0.372 e. The molecule has 2 aliphatic rings. The Hall–Kier alpha value is -1.69. The van der Waals surface area contributed by atoms with Crippen molar-refractivity contribution in [1.29, 1.82) is 0 Å². The van der Waals surface area contributed by atoms with Gasteiger partial charge in [0.1, 0.15) is 12.4 Å². The Balaban J connectivity index is 1.64. The van der Waals surface area contributed by atoms with Crippen molar-refractivity contribution in [2.24, 2.45) is 11.8 Å². The van der Waals surface area contributed by atoms with Crippen LogP contribution in [0, 0.1) is 11.8 Å². The van der Waals surface area contributed by atoms with E-state index in [9.17, 15) is 4.79 Å². The average Bonchev–Trinajstić information content (AvgIpc) is 3.13. The summed E-state index contributed by atoms with van der Waals surface area (Å²) in [5.41, 5.74) is 0. The van der Waals surface area contributed by atoms with Gasteiger partial charge in [-0.15, -0.1) is 0 Å². The van der Waals surface area contributed by atoms with Crippen LogP contribution < -0.4 is 4.90 Å². The topological polar surface area (TPSA) is 58.6 Å². The number of aromatic nitrogens is 2. The maximum Gasteiger partial charge on any atom is 0.248 e. The molecule has 0 radical (unpaired) electrons. The smallest absolute Gasteiger partial charge is 0.248 e. The Morgan fingerprint density at radius 3 is 3.00 bits per heavy atom. The Morgan fingerprint density at radius 2 is 2.27 bits per heavy atom. The van der Waals surface area contributed by atoms with E-state index in [4.69, 9.17) is 4.74 Å². The normalized spacial score (nSPS) is 27.0. The zero-order valence-corrected chi connectivity index (χ0v) is 13.3. The maximum absolute atomic E-state index is 12.1. The predicted octanol–water partition coefficient (Wildman–Crippen LogP) is 1.19. The third-order valence-electron chi connectivity index (χ3n) is 5.01. The van der Waals surface area contributed by atoms with Crippen molar-refractivity contribution >= 4 is 11.7 Å². The second kappa shape index (κ2) is 6.60. The van der Waals surface area contributed by atoms with Crippen LogP contribution in [-0.4, -0.2) is 60.2 Å². The summed E-state index contributed by atoms with van der Waals surface area (Å²) < 4.78 is 5.25. The summed E-state index contributed by atoms with van der Waals surface area (Å²) in [5, 5.41) is 0. The number of rotatable bonds is 5. The number of hydrogen-bond acceptors (Lipinski definition) is 5. The molecule has 22 heavy (non-hydrogen) atoms. The Bertz CT molecular complexity index is 510. The fraction of sp³-hybridized carbons (Fsp3) is 0.688. The molecule has 1 amide bonds. The van der Waals surface area contributed by atoms with Gasteiger partial charge in [0.05, 0.1) is 6.20 Å². The minimum absolute atomic E-state index is 0.122. The van der Waals surface area contributed by atoms with Gasteiger partial charge in [-0.25, -0.2) is 4.98 Å². The van der Waals surface area contributed by atoms with E-state index in [0.29, 0.717) is 24.5 Å². The molecular weight excluding hydrogens is 280 g/mol. The molecule has 2 fully saturated rings. The van der Waals surface area contributed by atoms with E-state index in [2.05, 4.69) is 21.9 Å². The van der Waals surface area contributed by atoms with E-state index in [1.54, 1.807) is 18.6 Å². The fourth-order valence-electron chi connectivity index (χ4n) is 3.85. The number of likely N-dealkylation sites (tertiary alicyclic amines) is 1. The van der Waals surface area contributed by atoms with E-state index >= 15 is 0 Å². The van der Waals surface area contributed by atoms with E-state index in [1.165, 1.54) is 6.42 Å². The van der Waals surface area contributed by atoms with E-state index < -0.39 is 0 Å². The average molecular weight is 304 g/mol. The number of hydrogen-bond donors (Lipinski definition) is 0.